The van der Waals surface area contributed by atoms with Gasteiger partial charge >= 0.3 is 0 Å². The Morgan fingerprint density at radius 1 is 1.26 bits per heavy atom. The molecule has 1 aliphatic rings. The van der Waals surface area contributed by atoms with Crippen LogP contribution < -0.4 is 5.32 Å². The highest BCUT2D eigenvalue weighted by atomic mass is 35.5. The molecule has 0 spiro atoms. The maximum absolute atomic E-state index is 6.34. The molecule has 102 valence electrons. The van der Waals surface area contributed by atoms with Gasteiger partial charge in [0.2, 0.25) is 0 Å². The van der Waals surface area contributed by atoms with Crippen molar-refractivity contribution in [2.75, 3.05) is 5.32 Å². The molecular formula is C14H18ClN3S. The van der Waals surface area contributed by atoms with Gasteiger partial charge in [0.05, 0.1) is 22.4 Å². The average Bonchev–Trinajstić information content (AvgIpc) is 2.86. The van der Waals surface area contributed by atoms with Crippen LogP contribution in [-0.2, 0) is 0 Å². The Balaban J connectivity index is 1.92. The first-order valence-electron chi connectivity index (χ1n) is 6.84. The van der Waals surface area contributed by atoms with Gasteiger partial charge in [0.15, 0.2) is 0 Å². The third kappa shape index (κ3) is 2.43. The lowest BCUT2D eigenvalue weighted by Gasteiger charge is -2.35. The molecule has 3 rings (SSSR count). The summed E-state index contributed by atoms with van der Waals surface area (Å²) in [6.45, 7) is 4.67. The van der Waals surface area contributed by atoms with E-state index in [1.807, 2.05) is 12.1 Å². The van der Waals surface area contributed by atoms with Crippen molar-refractivity contribution in [3.8, 4) is 0 Å². The fourth-order valence-corrected chi connectivity index (χ4v) is 3.68. The number of anilines is 1. The molecule has 3 unspecified atom stereocenters. The summed E-state index contributed by atoms with van der Waals surface area (Å²) in [4.78, 5) is 0. The monoisotopic (exact) mass is 295 g/mol. The van der Waals surface area contributed by atoms with E-state index in [9.17, 15) is 0 Å². The van der Waals surface area contributed by atoms with Crippen molar-refractivity contribution in [1.29, 1.82) is 0 Å². The second-order valence-corrected chi connectivity index (χ2v) is 6.51. The largest absolute Gasteiger partial charge is 0.379 e. The summed E-state index contributed by atoms with van der Waals surface area (Å²) < 4.78 is 8.65. The minimum atomic E-state index is 0.480. The predicted molar refractivity (Wildman–Crippen MR) is 82.0 cm³/mol. The highest BCUT2D eigenvalue weighted by Gasteiger charge is 2.28. The lowest BCUT2D eigenvalue weighted by Crippen LogP contribution is -2.35. The molecule has 0 saturated heterocycles. The van der Waals surface area contributed by atoms with Gasteiger partial charge in [-0.25, -0.2) is 0 Å². The molecule has 1 saturated carbocycles. The highest BCUT2D eigenvalue weighted by Crippen LogP contribution is 2.36. The van der Waals surface area contributed by atoms with Gasteiger partial charge in [-0.15, -0.1) is 0 Å². The minimum Gasteiger partial charge on any atom is -0.379 e. The quantitative estimate of drug-likeness (QED) is 0.881. The summed E-state index contributed by atoms with van der Waals surface area (Å²) in [6, 6.07) is 4.32. The molecular weight excluding hydrogens is 278 g/mol. The van der Waals surface area contributed by atoms with Crippen LogP contribution in [0.5, 0.6) is 0 Å². The standard InChI is InChI=1S/C14H18ClN3S/c1-8-4-3-5-11(9(8)2)16-13-10(15)6-7-12-14(13)18-19-17-12/h6-9,11,16H,3-5H2,1-2H3. The molecule has 3 nitrogen and oxygen atoms in total. The SMILES string of the molecule is CC1CCCC(Nc2c(Cl)ccc3nsnc23)C1C. The Bertz CT molecular complexity index is 583. The van der Waals surface area contributed by atoms with Crippen LogP contribution in [0.4, 0.5) is 5.69 Å². The van der Waals surface area contributed by atoms with Crippen molar-refractivity contribution in [3.63, 3.8) is 0 Å². The van der Waals surface area contributed by atoms with Gasteiger partial charge in [-0.05, 0) is 30.4 Å². The molecule has 1 heterocycles. The van der Waals surface area contributed by atoms with Crippen LogP contribution in [0.2, 0.25) is 5.02 Å². The zero-order valence-corrected chi connectivity index (χ0v) is 12.8. The van der Waals surface area contributed by atoms with Crippen LogP contribution >= 0.6 is 23.3 Å². The van der Waals surface area contributed by atoms with E-state index in [1.165, 1.54) is 31.0 Å². The van der Waals surface area contributed by atoms with Crippen LogP contribution in [0.3, 0.4) is 0 Å². The molecule has 19 heavy (non-hydrogen) atoms. The summed E-state index contributed by atoms with van der Waals surface area (Å²) in [5.74, 6) is 1.42. The van der Waals surface area contributed by atoms with E-state index in [0.29, 0.717) is 12.0 Å². The normalized spacial score (nSPS) is 27.6. The first kappa shape index (κ1) is 13.1. The number of rotatable bonds is 2. The van der Waals surface area contributed by atoms with Gasteiger partial charge in [-0.2, -0.15) is 8.75 Å². The number of nitrogens with zero attached hydrogens (tertiary/aromatic N) is 2. The minimum absolute atomic E-state index is 0.480. The molecule has 1 aromatic heterocycles. The molecule has 1 N–H and O–H groups in total. The second-order valence-electron chi connectivity index (χ2n) is 5.57. The number of halogens is 1. The van der Waals surface area contributed by atoms with E-state index >= 15 is 0 Å². The van der Waals surface area contributed by atoms with Crippen molar-refractivity contribution in [3.05, 3.63) is 17.2 Å². The Hall–Kier alpha value is -0.870. The van der Waals surface area contributed by atoms with Gasteiger partial charge < -0.3 is 5.32 Å². The number of fused-ring (bicyclic) bond motifs is 1. The van der Waals surface area contributed by atoms with Crippen LogP contribution in [0, 0.1) is 11.8 Å². The maximum Gasteiger partial charge on any atom is 0.129 e. The van der Waals surface area contributed by atoms with Crippen LogP contribution in [0.25, 0.3) is 11.0 Å². The Labute approximate surface area is 122 Å². The summed E-state index contributed by atoms with van der Waals surface area (Å²) in [6.07, 6.45) is 3.82. The number of aromatic nitrogens is 2. The highest BCUT2D eigenvalue weighted by molar-refractivity contribution is 7.00. The van der Waals surface area contributed by atoms with E-state index in [0.717, 1.165) is 27.7 Å². The number of nitrogens with one attached hydrogen (secondary N) is 1. The van der Waals surface area contributed by atoms with Crippen LogP contribution in [-0.4, -0.2) is 14.8 Å². The molecule has 0 bridgehead atoms. The van der Waals surface area contributed by atoms with Crippen molar-refractivity contribution < 1.29 is 0 Å². The number of hydrogen-bond acceptors (Lipinski definition) is 4. The fraction of sp³-hybridized carbons (Fsp3) is 0.571. The van der Waals surface area contributed by atoms with E-state index in [4.69, 9.17) is 11.6 Å². The molecule has 1 aliphatic carbocycles. The topological polar surface area (TPSA) is 37.8 Å². The van der Waals surface area contributed by atoms with Gasteiger partial charge in [-0.1, -0.05) is 38.3 Å². The maximum atomic E-state index is 6.34. The van der Waals surface area contributed by atoms with Crippen molar-refractivity contribution in [1.82, 2.24) is 8.75 Å². The van der Waals surface area contributed by atoms with Gasteiger partial charge in [0, 0.05) is 6.04 Å². The molecule has 0 aliphatic heterocycles. The molecule has 2 aromatic rings. The molecule has 1 aromatic carbocycles. The van der Waals surface area contributed by atoms with Crippen LogP contribution in [0.1, 0.15) is 33.1 Å². The molecule has 0 radical (unpaired) electrons. The lowest BCUT2D eigenvalue weighted by molar-refractivity contribution is 0.253. The molecule has 3 atom stereocenters. The van der Waals surface area contributed by atoms with Crippen molar-refractivity contribution in [2.24, 2.45) is 11.8 Å². The zero-order chi connectivity index (χ0) is 13.4. The number of hydrogen-bond donors (Lipinski definition) is 1. The van der Waals surface area contributed by atoms with Gasteiger partial charge in [-0.3, -0.25) is 0 Å². The van der Waals surface area contributed by atoms with Gasteiger partial charge in [0.1, 0.15) is 11.0 Å². The third-order valence-corrected chi connectivity index (χ3v) is 5.27. The van der Waals surface area contributed by atoms with Crippen molar-refractivity contribution in [2.45, 2.75) is 39.2 Å². The van der Waals surface area contributed by atoms with E-state index in [1.54, 1.807) is 0 Å². The Morgan fingerprint density at radius 3 is 2.95 bits per heavy atom. The fourth-order valence-electron chi connectivity index (χ4n) is 2.94. The average molecular weight is 296 g/mol. The zero-order valence-electron chi connectivity index (χ0n) is 11.2. The molecule has 0 amide bonds. The third-order valence-electron chi connectivity index (χ3n) is 4.41. The number of benzene rings is 1. The summed E-state index contributed by atoms with van der Waals surface area (Å²) in [5, 5.41) is 4.37. The molecule has 1 fully saturated rings. The lowest BCUT2D eigenvalue weighted by atomic mass is 9.78. The summed E-state index contributed by atoms with van der Waals surface area (Å²) in [5.41, 5.74) is 2.79. The first-order valence-corrected chi connectivity index (χ1v) is 7.95. The van der Waals surface area contributed by atoms with Crippen LogP contribution in [0.15, 0.2) is 12.1 Å². The van der Waals surface area contributed by atoms with Gasteiger partial charge in [0.25, 0.3) is 0 Å². The van der Waals surface area contributed by atoms with Crippen molar-refractivity contribution >= 4 is 40.0 Å². The summed E-state index contributed by atoms with van der Waals surface area (Å²) >= 11 is 7.58. The Kier molecular flexibility index (Phi) is 3.63. The second kappa shape index (κ2) is 5.25. The molecule has 5 heteroatoms. The smallest absolute Gasteiger partial charge is 0.129 e. The predicted octanol–water partition coefficient (Wildman–Crippen LogP) is 4.58. The van der Waals surface area contributed by atoms with E-state index in [-0.39, 0.29) is 0 Å². The van der Waals surface area contributed by atoms with E-state index < -0.39 is 0 Å². The van der Waals surface area contributed by atoms with E-state index in [2.05, 4.69) is 27.9 Å². The Morgan fingerprint density at radius 2 is 2.11 bits per heavy atom. The summed E-state index contributed by atoms with van der Waals surface area (Å²) in [7, 11) is 0. The first-order chi connectivity index (χ1) is 9.16.